The molecule has 1 aliphatic heterocycles. The summed E-state index contributed by atoms with van der Waals surface area (Å²) in [4.78, 5) is 14.9. The lowest BCUT2D eigenvalue weighted by molar-refractivity contribution is -0.113. The summed E-state index contributed by atoms with van der Waals surface area (Å²) in [7, 11) is 0. The number of carbonyl (C=O) groups is 1. The van der Waals surface area contributed by atoms with Crippen LogP contribution in [-0.4, -0.2) is 44.4 Å². The molecule has 1 unspecified atom stereocenters. The predicted octanol–water partition coefficient (Wildman–Crippen LogP) is 5.48. The first kappa shape index (κ1) is 23.7. The van der Waals surface area contributed by atoms with E-state index in [-0.39, 0.29) is 28.5 Å². The molecule has 1 aromatic heterocycles. The molecule has 1 amide bonds. The van der Waals surface area contributed by atoms with Gasteiger partial charge in [0.15, 0.2) is 11.0 Å². The zero-order chi connectivity index (χ0) is 23.4. The van der Waals surface area contributed by atoms with Gasteiger partial charge in [-0.2, -0.15) is 0 Å². The van der Waals surface area contributed by atoms with Crippen LogP contribution >= 0.6 is 23.4 Å². The maximum Gasteiger partial charge on any atom is 0.234 e. The van der Waals surface area contributed by atoms with Gasteiger partial charge in [-0.1, -0.05) is 29.8 Å². The van der Waals surface area contributed by atoms with Crippen LogP contribution < -0.4 is 5.32 Å². The van der Waals surface area contributed by atoms with Crippen LogP contribution in [0.2, 0.25) is 5.02 Å². The fourth-order valence-electron chi connectivity index (χ4n) is 3.85. The standard InChI is InChI=1S/C23H24ClF2N5OS/c1-15(30-11-3-2-4-12-30)22-28-29-23(31(22)18-8-5-16(25)6-9-18)33-14-21(32)27-20-10-7-17(26)13-19(20)24/h5-10,13,15H,2-4,11-12,14H2,1H3,(H,27,32). The molecular weight excluding hydrogens is 468 g/mol. The molecule has 10 heteroatoms. The Morgan fingerprint density at radius 2 is 1.79 bits per heavy atom. The maximum absolute atomic E-state index is 13.6. The van der Waals surface area contributed by atoms with Gasteiger partial charge in [-0.3, -0.25) is 14.3 Å². The molecule has 1 atom stereocenters. The number of aromatic nitrogens is 3. The van der Waals surface area contributed by atoms with Gasteiger partial charge in [0.25, 0.3) is 0 Å². The van der Waals surface area contributed by atoms with E-state index in [1.807, 2.05) is 4.57 Å². The Kier molecular flexibility index (Phi) is 7.62. The number of likely N-dealkylation sites (tertiary alicyclic amines) is 1. The average Bonchev–Trinajstić information content (AvgIpc) is 3.24. The third-order valence-corrected chi connectivity index (χ3v) is 6.83. The summed E-state index contributed by atoms with van der Waals surface area (Å²) in [6.07, 6.45) is 3.51. The monoisotopic (exact) mass is 491 g/mol. The van der Waals surface area contributed by atoms with E-state index in [0.717, 1.165) is 43.5 Å². The highest BCUT2D eigenvalue weighted by molar-refractivity contribution is 7.99. The number of thioether (sulfide) groups is 1. The molecule has 6 nitrogen and oxygen atoms in total. The Bertz CT molecular complexity index is 1120. The minimum absolute atomic E-state index is 0.0176. The number of rotatable bonds is 7. The van der Waals surface area contributed by atoms with E-state index in [4.69, 9.17) is 11.6 Å². The lowest BCUT2D eigenvalue weighted by Gasteiger charge is -2.31. The molecule has 1 aliphatic rings. The van der Waals surface area contributed by atoms with Crippen molar-refractivity contribution in [2.45, 2.75) is 37.4 Å². The molecule has 0 radical (unpaired) electrons. The number of halogens is 3. The van der Waals surface area contributed by atoms with Crippen molar-refractivity contribution in [3.63, 3.8) is 0 Å². The van der Waals surface area contributed by atoms with Crippen LogP contribution in [0.4, 0.5) is 14.5 Å². The van der Waals surface area contributed by atoms with E-state index >= 15 is 0 Å². The molecule has 0 bridgehead atoms. The Morgan fingerprint density at radius 3 is 2.48 bits per heavy atom. The lowest BCUT2D eigenvalue weighted by atomic mass is 10.1. The van der Waals surface area contributed by atoms with Gasteiger partial charge in [0.2, 0.25) is 5.91 Å². The molecule has 2 aromatic carbocycles. The Balaban J connectivity index is 1.55. The van der Waals surface area contributed by atoms with Gasteiger partial charge in [-0.25, -0.2) is 8.78 Å². The molecule has 4 rings (SSSR count). The summed E-state index contributed by atoms with van der Waals surface area (Å²) in [6, 6.07) is 9.94. The summed E-state index contributed by atoms with van der Waals surface area (Å²) in [5.74, 6) is -0.330. The first-order chi connectivity index (χ1) is 15.9. The van der Waals surface area contributed by atoms with Crippen LogP contribution in [0.15, 0.2) is 47.6 Å². The summed E-state index contributed by atoms with van der Waals surface area (Å²) in [6.45, 7) is 4.06. The van der Waals surface area contributed by atoms with Crippen LogP contribution in [0, 0.1) is 11.6 Å². The van der Waals surface area contributed by atoms with Crippen LogP contribution in [0.5, 0.6) is 0 Å². The van der Waals surface area contributed by atoms with Crippen LogP contribution in [0.1, 0.15) is 38.1 Å². The predicted molar refractivity (Wildman–Crippen MR) is 126 cm³/mol. The lowest BCUT2D eigenvalue weighted by Crippen LogP contribution is -2.33. The Labute approximate surface area is 200 Å². The molecule has 0 spiro atoms. The first-order valence-electron chi connectivity index (χ1n) is 10.8. The molecule has 1 fully saturated rings. The summed E-state index contributed by atoms with van der Waals surface area (Å²) in [5.41, 5.74) is 1.06. The minimum Gasteiger partial charge on any atom is -0.324 e. The van der Waals surface area contributed by atoms with Crippen molar-refractivity contribution < 1.29 is 13.6 Å². The molecular formula is C23H24ClF2N5OS. The number of hydrogen-bond donors (Lipinski definition) is 1. The molecule has 1 saturated heterocycles. The minimum atomic E-state index is -0.477. The zero-order valence-electron chi connectivity index (χ0n) is 18.1. The largest absolute Gasteiger partial charge is 0.324 e. The number of anilines is 1. The van der Waals surface area contributed by atoms with E-state index in [1.54, 1.807) is 12.1 Å². The van der Waals surface area contributed by atoms with E-state index in [0.29, 0.717) is 10.8 Å². The van der Waals surface area contributed by atoms with Gasteiger partial charge in [-0.05, 0) is 75.3 Å². The van der Waals surface area contributed by atoms with Gasteiger partial charge < -0.3 is 5.32 Å². The van der Waals surface area contributed by atoms with Gasteiger partial charge in [0, 0.05) is 5.69 Å². The summed E-state index contributed by atoms with van der Waals surface area (Å²) >= 11 is 7.21. The zero-order valence-corrected chi connectivity index (χ0v) is 19.7. The van der Waals surface area contributed by atoms with Gasteiger partial charge in [0.05, 0.1) is 22.5 Å². The normalized spacial score (nSPS) is 15.4. The molecule has 33 heavy (non-hydrogen) atoms. The molecule has 0 saturated carbocycles. The second-order valence-electron chi connectivity index (χ2n) is 7.89. The van der Waals surface area contributed by atoms with Crippen molar-refractivity contribution in [2.24, 2.45) is 0 Å². The molecule has 2 heterocycles. The number of nitrogens with zero attached hydrogens (tertiary/aromatic N) is 4. The number of piperidine rings is 1. The van der Waals surface area contributed by atoms with E-state index < -0.39 is 5.82 Å². The van der Waals surface area contributed by atoms with Gasteiger partial charge >= 0.3 is 0 Å². The first-order valence-corrected chi connectivity index (χ1v) is 12.1. The number of benzene rings is 2. The number of carbonyl (C=O) groups excluding carboxylic acids is 1. The molecule has 3 aromatic rings. The van der Waals surface area contributed by atoms with Crippen molar-refractivity contribution in [1.29, 1.82) is 0 Å². The van der Waals surface area contributed by atoms with Crippen LogP contribution in [0.3, 0.4) is 0 Å². The van der Waals surface area contributed by atoms with Gasteiger partial charge in [0.1, 0.15) is 11.6 Å². The highest BCUT2D eigenvalue weighted by atomic mass is 35.5. The second-order valence-corrected chi connectivity index (χ2v) is 9.24. The highest BCUT2D eigenvalue weighted by Crippen LogP contribution is 2.30. The van der Waals surface area contributed by atoms with E-state index in [9.17, 15) is 13.6 Å². The smallest absolute Gasteiger partial charge is 0.234 e. The summed E-state index contributed by atoms with van der Waals surface area (Å²) < 4.78 is 28.7. The number of amides is 1. The van der Waals surface area contributed by atoms with Crippen molar-refractivity contribution >= 4 is 35.0 Å². The number of nitrogens with one attached hydrogen (secondary N) is 1. The highest BCUT2D eigenvalue weighted by Gasteiger charge is 2.26. The third-order valence-electron chi connectivity index (χ3n) is 5.59. The van der Waals surface area contributed by atoms with Crippen molar-refractivity contribution in [3.8, 4) is 5.69 Å². The molecule has 0 aliphatic carbocycles. The Morgan fingerprint density at radius 1 is 1.09 bits per heavy atom. The fourth-order valence-corrected chi connectivity index (χ4v) is 4.83. The van der Waals surface area contributed by atoms with Crippen molar-refractivity contribution in [2.75, 3.05) is 24.2 Å². The van der Waals surface area contributed by atoms with Crippen molar-refractivity contribution in [1.82, 2.24) is 19.7 Å². The third kappa shape index (κ3) is 5.72. The van der Waals surface area contributed by atoms with E-state index in [1.165, 1.54) is 42.4 Å². The Hall–Kier alpha value is -2.49. The quantitative estimate of drug-likeness (QED) is 0.443. The van der Waals surface area contributed by atoms with Crippen molar-refractivity contribution in [3.05, 3.63) is 64.9 Å². The molecule has 174 valence electrons. The summed E-state index contributed by atoms with van der Waals surface area (Å²) in [5, 5.41) is 12.1. The maximum atomic E-state index is 13.6. The number of hydrogen-bond acceptors (Lipinski definition) is 5. The fraction of sp³-hybridized carbons (Fsp3) is 0.348. The topological polar surface area (TPSA) is 63.1 Å². The molecule has 1 N–H and O–H groups in total. The second kappa shape index (κ2) is 10.6. The average molecular weight is 492 g/mol. The van der Waals surface area contributed by atoms with Gasteiger partial charge in [-0.15, -0.1) is 10.2 Å². The van der Waals surface area contributed by atoms with Crippen LogP contribution in [0.25, 0.3) is 5.69 Å². The SMILES string of the molecule is CC(c1nnc(SCC(=O)Nc2ccc(F)cc2Cl)n1-c1ccc(F)cc1)N1CCCCC1. The van der Waals surface area contributed by atoms with Crippen LogP contribution in [-0.2, 0) is 4.79 Å². The van der Waals surface area contributed by atoms with E-state index in [2.05, 4.69) is 27.3 Å².